The number of aryl methyl sites for hydroxylation is 2. The van der Waals surface area contributed by atoms with Crippen LogP contribution < -0.4 is 10.2 Å². The second-order valence-electron chi connectivity index (χ2n) is 5.39. The Kier molecular flexibility index (Phi) is 4.89. The fraction of sp³-hybridized carbons (Fsp3) is 0.643. The van der Waals surface area contributed by atoms with Gasteiger partial charge in [0.15, 0.2) is 0 Å². The molecule has 1 aliphatic heterocycles. The lowest BCUT2D eigenvalue weighted by atomic mass is 9.98. The number of rotatable bonds is 5. The summed E-state index contributed by atoms with van der Waals surface area (Å²) in [6.45, 7) is 6.59. The molecular formula is C14H22N4O2. The van der Waals surface area contributed by atoms with Crippen LogP contribution >= 0.6 is 0 Å². The number of nitrogens with zero attached hydrogens (tertiary/aromatic N) is 3. The van der Waals surface area contributed by atoms with Crippen LogP contribution in [0.5, 0.6) is 0 Å². The predicted molar refractivity (Wildman–Crippen MR) is 76.9 cm³/mol. The summed E-state index contributed by atoms with van der Waals surface area (Å²) in [6, 6.07) is 2.01. The van der Waals surface area contributed by atoms with Crippen LogP contribution in [0.15, 0.2) is 6.07 Å². The Morgan fingerprint density at radius 3 is 3.00 bits per heavy atom. The van der Waals surface area contributed by atoms with Crippen LogP contribution in [-0.4, -0.2) is 47.2 Å². The van der Waals surface area contributed by atoms with Gasteiger partial charge in [0.25, 0.3) is 0 Å². The quantitative estimate of drug-likeness (QED) is 0.836. The number of carboxylic acids is 1. The molecule has 1 aromatic heterocycles. The van der Waals surface area contributed by atoms with Crippen molar-refractivity contribution in [3.63, 3.8) is 0 Å². The second kappa shape index (κ2) is 6.65. The lowest BCUT2D eigenvalue weighted by molar-refractivity contribution is -0.136. The molecule has 6 heteroatoms. The Balaban J connectivity index is 1.94. The summed E-state index contributed by atoms with van der Waals surface area (Å²) < 4.78 is 0. The number of anilines is 1. The molecule has 20 heavy (non-hydrogen) atoms. The van der Waals surface area contributed by atoms with E-state index in [4.69, 9.17) is 5.11 Å². The molecule has 1 unspecified atom stereocenters. The van der Waals surface area contributed by atoms with E-state index in [1.807, 2.05) is 19.9 Å². The SMILES string of the molecule is Cc1cc(N2CCCC(CNCC(=O)O)C2)nc(C)n1. The van der Waals surface area contributed by atoms with Gasteiger partial charge >= 0.3 is 5.97 Å². The minimum Gasteiger partial charge on any atom is -0.480 e. The Labute approximate surface area is 119 Å². The third-order valence-electron chi connectivity index (χ3n) is 3.50. The highest BCUT2D eigenvalue weighted by Crippen LogP contribution is 2.21. The number of carboxylic acid groups (broad SMARTS) is 1. The average Bonchev–Trinajstić information content (AvgIpc) is 2.37. The standard InChI is InChI=1S/C14H22N4O2/c1-10-6-13(17-11(2)16-10)18-5-3-4-12(9-18)7-15-8-14(19)20/h6,12,15H,3-5,7-9H2,1-2H3,(H,19,20). The first-order chi connectivity index (χ1) is 9.54. The summed E-state index contributed by atoms with van der Waals surface area (Å²) >= 11 is 0. The zero-order chi connectivity index (χ0) is 14.5. The summed E-state index contributed by atoms with van der Waals surface area (Å²) in [4.78, 5) is 21.6. The molecule has 0 bridgehead atoms. The maximum Gasteiger partial charge on any atom is 0.317 e. The first kappa shape index (κ1) is 14.7. The van der Waals surface area contributed by atoms with Crippen molar-refractivity contribution in [1.82, 2.24) is 15.3 Å². The van der Waals surface area contributed by atoms with Gasteiger partial charge in [0.1, 0.15) is 11.6 Å². The van der Waals surface area contributed by atoms with E-state index in [2.05, 4.69) is 20.2 Å². The molecule has 2 heterocycles. The Hall–Kier alpha value is -1.69. The van der Waals surface area contributed by atoms with E-state index in [0.29, 0.717) is 5.92 Å². The molecule has 1 aliphatic rings. The summed E-state index contributed by atoms with van der Waals surface area (Å²) in [5.41, 5.74) is 0.985. The Morgan fingerprint density at radius 1 is 1.50 bits per heavy atom. The van der Waals surface area contributed by atoms with E-state index < -0.39 is 5.97 Å². The van der Waals surface area contributed by atoms with Crippen molar-refractivity contribution in [2.24, 2.45) is 5.92 Å². The fourth-order valence-electron chi connectivity index (χ4n) is 2.68. The molecule has 2 N–H and O–H groups in total. The van der Waals surface area contributed by atoms with Crippen molar-refractivity contribution < 1.29 is 9.90 Å². The minimum atomic E-state index is -0.806. The lowest BCUT2D eigenvalue weighted by Crippen LogP contribution is -2.41. The normalized spacial score (nSPS) is 19.1. The highest BCUT2D eigenvalue weighted by molar-refractivity contribution is 5.68. The number of carbonyl (C=O) groups is 1. The van der Waals surface area contributed by atoms with Crippen molar-refractivity contribution >= 4 is 11.8 Å². The second-order valence-corrected chi connectivity index (χ2v) is 5.39. The monoisotopic (exact) mass is 278 g/mol. The van der Waals surface area contributed by atoms with Gasteiger partial charge in [0.05, 0.1) is 6.54 Å². The predicted octanol–water partition coefficient (Wildman–Crippen LogP) is 0.984. The number of hydrogen-bond donors (Lipinski definition) is 2. The summed E-state index contributed by atoms with van der Waals surface area (Å²) in [7, 11) is 0. The topological polar surface area (TPSA) is 78.4 Å². The molecule has 2 rings (SSSR count). The van der Waals surface area contributed by atoms with Gasteiger partial charge in [-0.15, -0.1) is 0 Å². The van der Waals surface area contributed by atoms with Crippen molar-refractivity contribution in [3.05, 3.63) is 17.6 Å². The van der Waals surface area contributed by atoms with Crippen molar-refractivity contribution in [2.75, 3.05) is 31.1 Å². The fourth-order valence-corrected chi connectivity index (χ4v) is 2.68. The molecule has 0 saturated carbocycles. The zero-order valence-electron chi connectivity index (χ0n) is 12.1. The number of piperidine rings is 1. The van der Waals surface area contributed by atoms with Gasteiger partial charge in [-0.1, -0.05) is 0 Å². The molecule has 0 amide bonds. The lowest BCUT2D eigenvalue weighted by Gasteiger charge is -2.33. The number of hydrogen-bond acceptors (Lipinski definition) is 5. The third kappa shape index (κ3) is 4.16. The van der Waals surface area contributed by atoms with Crippen LogP contribution in [0.4, 0.5) is 5.82 Å². The van der Waals surface area contributed by atoms with Crippen LogP contribution in [0, 0.1) is 19.8 Å². The van der Waals surface area contributed by atoms with Crippen LogP contribution in [0.25, 0.3) is 0 Å². The number of aliphatic carboxylic acids is 1. The molecule has 1 fully saturated rings. The van der Waals surface area contributed by atoms with Gasteiger partial charge in [0.2, 0.25) is 0 Å². The maximum atomic E-state index is 10.5. The Morgan fingerprint density at radius 2 is 2.30 bits per heavy atom. The molecule has 0 radical (unpaired) electrons. The first-order valence-electron chi connectivity index (χ1n) is 7.04. The van der Waals surface area contributed by atoms with E-state index in [0.717, 1.165) is 49.8 Å². The van der Waals surface area contributed by atoms with E-state index in [-0.39, 0.29) is 6.54 Å². The highest BCUT2D eigenvalue weighted by Gasteiger charge is 2.21. The average molecular weight is 278 g/mol. The van der Waals surface area contributed by atoms with Crippen molar-refractivity contribution in [3.8, 4) is 0 Å². The summed E-state index contributed by atoms with van der Waals surface area (Å²) in [5.74, 6) is 1.45. The summed E-state index contributed by atoms with van der Waals surface area (Å²) in [6.07, 6.45) is 2.24. The van der Waals surface area contributed by atoms with Crippen LogP contribution in [0.2, 0.25) is 0 Å². The van der Waals surface area contributed by atoms with Gasteiger partial charge in [-0.05, 0) is 32.6 Å². The van der Waals surface area contributed by atoms with Gasteiger partial charge < -0.3 is 15.3 Å². The summed E-state index contributed by atoms with van der Waals surface area (Å²) in [5, 5.41) is 11.6. The van der Waals surface area contributed by atoms with E-state index in [1.54, 1.807) is 0 Å². The van der Waals surface area contributed by atoms with Crippen molar-refractivity contribution in [1.29, 1.82) is 0 Å². The van der Waals surface area contributed by atoms with Crippen molar-refractivity contribution in [2.45, 2.75) is 26.7 Å². The van der Waals surface area contributed by atoms with E-state index >= 15 is 0 Å². The molecule has 1 saturated heterocycles. The largest absolute Gasteiger partial charge is 0.480 e. The molecule has 6 nitrogen and oxygen atoms in total. The molecule has 1 atom stereocenters. The first-order valence-corrected chi connectivity index (χ1v) is 7.04. The van der Waals surface area contributed by atoms with Gasteiger partial charge in [0, 0.05) is 31.4 Å². The minimum absolute atomic E-state index is 0.0300. The van der Waals surface area contributed by atoms with E-state index in [1.165, 1.54) is 0 Å². The van der Waals surface area contributed by atoms with Crippen LogP contribution in [-0.2, 0) is 4.79 Å². The highest BCUT2D eigenvalue weighted by atomic mass is 16.4. The molecule has 1 aromatic rings. The number of aromatic nitrogens is 2. The smallest absolute Gasteiger partial charge is 0.317 e. The molecule has 0 aromatic carbocycles. The van der Waals surface area contributed by atoms with Gasteiger partial charge in [-0.25, -0.2) is 9.97 Å². The molecule has 0 spiro atoms. The molecule has 110 valence electrons. The van der Waals surface area contributed by atoms with Crippen LogP contribution in [0.3, 0.4) is 0 Å². The number of nitrogens with one attached hydrogen (secondary N) is 1. The maximum absolute atomic E-state index is 10.5. The molecular weight excluding hydrogens is 256 g/mol. The zero-order valence-corrected chi connectivity index (χ0v) is 12.1. The third-order valence-corrected chi connectivity index (χ3v) is 3.50. The van der Waals surface area contributed by atoms with Crippen LogP contribution in [0.1, 0.15) is 24.4 Å². The Bertz CT molecular complexity index is 458. The van der Waals surface area contributed by atoms with Gasteiger partial charge in [-0.3, -0.25) is 4.79 Å². The van der Waals surface area contributed by atoms with E-state index in [9.17, 15) is 4.79 Å². The van der Waals surface area contributed by atoms with Gasteiger partial charge in [-0.2, -0.15) is 0 Å². The molecule has 0 aliphatic carbocycles.